The van der Waals surface area contributed by atoms with Crippen LogP contribution in [0.5, 0.6) is 0 Å². The highest BCUT2D eigenvalue weighted by atomic mass is 16.6. The molecule has 1 aromatic rings. The largest absolute Gasteiger partial charge is 0.375 e. The highest BCUT2D eigenvalue weighted by molar-refractivity contribution is 5.13. The summed E-state index contributed by atoms with van der Waals surface area (Å²) in [5.41, 5.74) is 1.21. The zero-order valence-electron chi connectivity index (χ0n) is 20.9. The summed E-state index contributed by atoms with van der Waals surface area (Å²) in [6, 6.07) is 10.3. The van der Waals surface area contributed by atoms with Crippen LogP contribution in [0, 0.1) is 0 Å². The van der Waals surface area contributed by atoms with Crippen molar-refractivity contribution >= 4 is 0 Å². The van der Waals surface area contributed by atoms with Crippen molar-refractivity contribution < 1.29 is 14.2 Å². The van der Waals surface area contributed by atoms with Crippen LogP contribution in [0.2, 0.25) is 0 Å². The van der Waals surface area contributed by atoms with Crippen molar-refractivity contribution in [3.05, 3.63) is 35.9 Å². The zero-order valence-corrected chi connectivity index (χ0v) is 20.9. The molecule has 3 heteroatoms. The Kier molecular flexibility index (Phi) is 16.7. The smallest absolute Gasteiger partial charge is 0.107 e. The van der Waals surface area contributed by atoms with Crippen LogP contribution in [0.4, 0.5) is 0 Å². The van der Waals surface area contributed by atoms with Gasteiger partial charge in [0.25, 0.3) is 0 Å². The van der Waals surface area contributed by atoms with Gasteiger partial charge in [-0.05, 0) is 24.8 Å². The maximum absolute atomic E-state index is 6.20. The normalized spacial score (nSPS) is 18.8. The van der Waals surface area contributed by atoms with Crippen molar-refractivity contribution in [3.8, 4) is 0 Å². The Hall–Kier alpha value is -0.900. The second kappa shape index (κ2) is 19.6. The molecule has 2 atom stereocenters. The van der Waals surface area contributed by atoms with E-state index in [-0.39, 0.29) is 12.2 Å². The third-order valence-electron chi connectivity index (χ3n) is 6.60. The number of unbranched alkanes of at least 4 members (excludes halogenated alkanes) is 13. The zero-order chi connectivity index (χ0) is 22.5. The SMILES string of the molecule is CCCCCCCCCCCCCCCCOC1CCCOC1COCc1ccccc1. The van der Waals surface area contributed by atoms with Crippen molar-refractivity contribution in [2.45, 2.75) is 128 Å². The Balaban J connectivity index is 1.39. The van der Waals surface area contributed by atoms with Crippen LogP contribution < -0.4 is 0 Å². The first-order valence-electron chi connectivity index (χ1n) is 13.7. The van der Waals surface area contributed by atoms with Gasteiger partial charge in [-0.3, -0.25) is 0 Å². The predicted octanol–water partition coefficient (Wildman–Crippen LogP) is 8.25. The van der Waals surface area contributed by atoms with Gasteiger partial charge < -0.3 is 14.2 Å². The molecule has 1 heterocycles. The number of benzene rings is 1. The lowest BCUT2D eigenvalue weighted by atomic mass is 10.0. The topological polar surface area (TPSA) is 27.7 Å². The van der Waals surface area contributed by atoms with Gasteiger partial charge in [-0.1, -0.05) is 121 Å². The Morgan fingerprint density at radius 1 is 0.781 bits per heavy atom. The lowest BCUT2D eigenvalue weighted by Crippen LogP contribution is -2.39. The van der Waals surface area contributed by atoms with Crippen LogP contribution in [-0.2, 0) is 20.8 Å². The van der Waals surface area contributed by atoms with Gasteiger partial charge in [0.1, 0.15) is 6.10 Å². The monoisotopic (exact) mass is 446 g/mol. The molecule has 1 aliphatic rings. The number of ether oxygens (including phenoxy) is 3. The van der Waals surface area contributed by atoms with Crippen molar-refractivity contribution in [2.24, 2.45) is 0 Å². The molecule has 2 unspecified atom stereocenters. The summed E-state index contributed by atoms with van der Waals surface area (Å²) in [4.78, 5) is 0. The standard InChI is InChI=1S/C29H50O3/c1-2-3-4-5-6-7-8-9-10-11-12-13-14-18-23-31-28-22-19-24-32-29(28)26-30-25-27-20-16-15-17-21-27/h15-17,20-21,28-29H,2-14,18-19,22-26H2,1H3. The van der Waals surface area contributed by atoms with E-state index in [1.54, 1.807) is 0 Å². The molecule has 2 rings (SSSR count). The van der Waals surface area contributed by atoms with Gasteiger partial charge in [0.2, 0.25) is 0 Å². The molecule has 1 saturated heterocycles. The van der Waals surface area contributed by atoms with Crippen LogP contribution in [0.1, 0.15) is 115 Å². The third-order valence-corrected chi connectivity index (χ3v) is 6.60. The molecule has 0 aromatic heterocycles. The van der Waals surface area contributed by atoms with Gasteiger partial charge >= 0.3 is 0 Å². The van der Waals surface area contributed by atoms with Gasteiger partial charge in [0, 0.05) is 13.2 Å². The van der Waals surface area contributed by atoms with E-state index in [1.807, 2.05) is 6.07 Å². The molecule has 0 bridgehead atoms. The van der Waals surface area contributed by atoms with Crippen molar-refractivity contribution in [1.82, 2.24) is 0 Å². The van der Waals surface area contributed by atoms with E-state index in [1.165, 1.54) is 95.5 Å². The second-order valence-corrected chi connectivity index (χ2v) is 9.56. The molecular formula is C29H50O3. The highest BCUT2D eigenvalue weighted by Gasteiger charge is 2.26. The van der Waals surface area contributed by atoms with E-state index in [0.29, 0.717) is 13.2 Å². The van der Waals surface area contributed by atoms with Gasteiger partial charge in [0.05, 0.1) is 19.3 Å². The van der Waals surface area contributed by atoms with Gasteiger partial charge in [-0.2, -0.15) is 0 Å². The maximum Gasteiger partial charge on any atom is 0.107 e. The summed E-state index contributed by atoms with van der Waals surface area (Å²) in [7, 11) is 0. The van der Waals surface area contributed by atoms with Gasteiger partial charge in [-0.15, -0.1) is 0 Å². The van der Waals surface area contributed by atoms with Crippen molar-refractivity contribution in [3.63, 3.8) is 0 Å². The molecule has 32 heavy (non-hydrogen) atoms. The average Bonchev–Trinajstić information content (AvgIpc) is 2.83. The molecule has 184 valence electrons. The number of hydrogen-bond acceptors (Lipinski definition) is 3. The first kappa shape index (κ1) is 27.3. The minimum Gasteiger partial charge on any atom is -0.375 e. The number of rotatable bonds is 20. The molecule has 1 fully saturated rings. The fraction of sp³-hybridized carbons (Fsp3) is 0.793. The van der Waals surface area contributed by atoms with Crippen LogP contribution in [0.25, 0.3) is 0 Å². The molecule has 0 radical (unpaired) electrons. The highest BCUT2D eigenvalue weighted by Crippen LogP contribution is 2.19. The minimum atomic E-state index is 0.0825. The quantitative estimate of drug-likeness (QED) is 0.189. The Bertz CT molecular complexity index is 518. The fourth-order valence-electron chi connectivity index (χ4n) is 4.56. The molecule has 1 aromatic carbocycles. The summed E-state index contributed by atoms with van der Waals surface area (Å²) in [5, 5.41) is 0. The summed E-state index contributed by atoms with van der Waals surface area (Å²) in [5.74, 6) is 0. The summed E-state index contributed by atoms with van der Waals surface area (Å²) < 4.78 is 18.1. The van der Waals surface area contributed by atoms with E-state index in [2.05, 4.69) is 31.2 Å². The van der Waals surface area contributed by atoms with E-state index < -0.39 is 0 Å². The molecule has 0 aliphatic carbocycles. The van der Waals surface area contributed by atoms with Crippen molar-refractivity contribution in [2.75, 3.05) is 19.8 Å². The van der Waals surface area contributed by atoms with Gasteiger partial charge in [-0.25, -0.2) is 0 Å². The van der Waals surface area contributed by atoms with Gasteiger partial charge in [0.15, 0.2) is 0 Å². The summed E-state index contributed by atoms with van der Waals surface area (Å²) in [6.45, 7) is 5.25. The molecule has 3 nitrogen and oxygen atoms in total. The van der Waals surface area contributed by atoms with E-state index in [4.69, 9.17) is 14.2 Å². The van der Waals surface area contributed by atoms with Crippen molar-refractivity contribution in [1.29, 1.82) is 0 Å². The molecular weight excluding hydrogens is 396 g/mol. The predicted molar refractivity (Wildman–Crippen MR) is 135 cm³/mol. The average molecular weight is 447 g/mol. The Labute approximate surface area is 198 Å². The second-order valence-electron chi connectivity index (χ2n) is 9.56. The third kappa shape index (κ3) is 13.6. The Morgan fingerprint density at radius 3 is 2.00 bits per heavy atom. The Morgan fingerprint density at radius 2 is 1.38 bits per heavy atom. The van der Waals surface area contributed by atoms with E-state index in [9.17, 15) is 0 Å². The summed E-state index contributed by atoms with van der Waals surface area (Å²) >= 11 is 0. The fourth-order valence-corrected chi connectivity index (χ4v) is 4.56. The van der Waals surface area contributed by atoms with Crippen LogP contribution in [-0.4, -0.2) is 32.0 Å². The van der Waals surface area contributed by atoms with E-state index in [0.717, 1.165) is 26.1 Å². The molecule has 0 saturated carbocycles. The summed E-state index contributed by atoms with van der Waals surface area (Å²) in [6.07, 6.45) is 22.0. The molecule has 0 N–H and O–H groups in total. The van der Waals surface area contributed by atoms with Crippen LogP contribution in [0.15, 0.2) is 30.3 Å². The lowest BCUT2D eigenvalue weighted by molar-refractivity contribution is -0.133. The molecule has 0 amide bonds. The number of hydrogen-bond donors (Lipinski definition) is 0. The first-order valence-corrected chi connectivity index (χ1v) is 13.7. The first-order chi connectivity index (χ1) is 15.9. The van der Waals surface area contributed by atoms with Crippen LogP contribution >= 0.6 is 0 Å². The van der Waals surface area contributed by atoms with E-state index >= 15 is 0 Å². The maximum atomic E-state index is 6.20. The molecule has 1 aliphatic heterocycles. The minimum absolute atomic E-state index is 0.0825. The van der Waals surface area contributed by atoms with Crippen LogP contribution in [0.3, 0.4) is 0 Å². The lowest BCUT2D eigenvalue weighted by Gasteiger charge is -2.31. The molecule has 0 spiro atoms.